The van der Waals surface area contributed by atoms with E-state index in [4.69, 9.17) is 27.7 Å². The molecule has 0 aliphatic rings. The average molecular weight is 434 g/mol. The van der Waals surface area contributed by atoms with Crippen LogP contribution in [0.5, 0.6) is 5.75 Å². The van der Waals surface area contributed by atoms with Gasteiger partial charge in [-0.1, -0.05) is 73.4 Å². The van der Waals surface area contributed by atoms with Gasteiger partial charge in [0.2, 0.25) is 0 Å². The first-order valence-corrected chi connectivity index (χ1v) is 9.76. The Morgan fingerprint density at radius 1 is 1.10 bits per heavy atom. The molecule has 152 valence electrons. The molecule has 0 spiro atoms. The molecule has 2 N–H and O–H groups in total. The Morgan fingerprint density at radius 2 is 1.72 bits per heavy atom. The molecule has 0 aliphatic carbocycles. The number of nitrogens with one attached hydrogen (secondary N) is 1. The maximum atomic E-state index is 12.3. The predicted octanol–water partition coefficient (Wildman–Crippen LogP) is 4.90. The van der Waals surface area contributed by atoms with Gasteiger partial charge in [-0.3, -0.25) is 4.79 Å². The van der Waals surface area contributed by atoms with Gasteiger partial charge in [0.25, 0.3) is 0 Å². The normalized spacial score (nSPS) is 11.5. The van der Waals surface area contributed by atoms with Crippen molar-refractivity contribution in [1.29, 1.82) is 0 Å². The van der Waals surface area contributed by atoms with E-state index in [1.165, 1.54) is 5.56 Å². The summed E-state index contributed by atoms with van der Waals surface area (Å²) in [5.41, 5.74) is 2.96. The van der Waals surface area contributed by atoms with Crippen molar-refractivity contribution < 1.29 is 14.4 Å². The summed E-state index contributed by atoms with van der Waals surface area (Å²) in [6.45, 7) is 6.80. The Balaban J connectivity index is 1.61. The van der Waals surface area contributed by atoms with Crippen molar-refractivity contribution >= 4 is 29.1 Å². The number of phenols is 1. The maximum Gasteiger partial charge on any atom is 0.315 e. The third-order valence-corrected chi connectivity index (χ3v) is 4.95. The zero-order chi connectivity index (χ0) is 21.2. The lowest BCUT2D eigenvalue weighted by Crippen LogP contribution is -2.23. The molecule has 0 bridgehead atoms. The number of nitrogens with zero attached hydrogens (tertiary/aromatic N) is 2. The molecule has 0 saturated carbocycles. The highest BCUT2D eigenvalue weighted by molar-refractivity contribution is 6.37. The lowest BCUT2D eigenvalue weighted by molar-refractivity contribution is 0.0907. The average Bonchev–Trinajstić information content (AvgIpc) is 3.12. The first kappa shape index (κ1) is 21.1. The van der Waals surface area contributed by atoms with Crippen molar-refractivity contribution in [1.82, 2.24) is 15.5 Å². The van der Waals surface area contributed by atoms with Crippen LogP contribution >= 0.6 is 23.2 Å². The van der Waals surface area contributed by atoms with E-state index in [9.17, 15) is 9.90 Å². The Kier molecular flexibility index (Phi) is 6.15. The Labute approximate surface area is 178 Å². The van der Waals surface area contributed by atoms with Crippen LogP contribution in [0.15, 0.2) is 40.9 Å². The minimum Gasteiger partial charge on any atom is -0.505 e. The Morgan fingerprint density at radius 3 is 2.31 bits per heavy atom. The fourth-order valence-corrected chi connectivity index (χ4v) is 3.23. The van der Waals surface area contributed by atoms with Crippen molar-refractivity contribution in [3.8, 4) is 5.75 Å². The molecule has 0 unspecified atom stereocenters. The second kappa shape index (κ2) is 8.43. The van der Waals surface area contributed by atoms with E-state index in [1.807, 2.05) is 12.1 Å². The number of amides is 1. The number of hydrogen-bond donors (Lipinski definition) is 2. The highest BCUT2D eigenvalue weighted by Crippen LogP contribution is 2.33. The van der Waals surface area contributed by atoms with Crippen LogP contribution in [0.4, 0.5) is 0 Å². The number of carbonyl (C=O) groups is 1. The van der Waals surface area contributed by atoms with Crippen molar-refractivity contribution in [2.45, 2.75) is 39.2 Å². The number of aromatic hydroxyl groups is 1. The van der Waals surface area contributed by atoms with Gasteiger partial charge in [-0.15, -0.1) is 0 Å². The summed E-state index contributed by atoms with van der Waals surface area (Å²) in [6, 6.07) is 11.2. The lowest BCUT2D eigenvalue weighted by Gasteiger charge is -2.19. The molecule has 1 heterocycles. The number of hydrogen-bond acceptors (Lipinski definition) is 5. The number of phenolic OH excluding ortho intramolecular Hbond substituents is 1. The van der Waals surface area contributed by atoms with Crippen molar-refractivity contribution in [2.75, 3.05) is 0 Å². The van der Waals surface area contributed by atoms with Gasteiger partial charge in [-0.05, 0) is 34.2 Å². The molecule has 29 heavy (non-hydrogen) atoms. The van der Waals surface area contributed by atoms with E-state index < -0.39 is 5.91 Å². The second-order valence-corrected chi connectivity index (χ2v) is 8.54. The molecule has 0 radical (unpaired) electrons. The predicted molar refractivity (Wildman–Crippen MR) is 112 cm³/mol. The van der Waals surface area contributed by atoms with Crippen LogP contribution in [0.2, 0.25) is 10.0 Å². The third kappa shape index (κ3) is 5.28. The molecule has 1 amide bonds. The molecule has 0 aliphatic heterocycles. The summed E-state index contributed by atoms with van der Waals surface area (Å²) < 4.78 is 5.05. The standard InChI is InChI=1S/C21H21Cl2N3O3/c1-21(2,3)14-6-4-12(5-7-14)11-24-19(28)20-25-17(26-29-20)10-13-8-15(22)18(27)16(23)9-13/h4-9,27H,10-11H2,1-3H3,(H,24,28). The first-order chi connectivity index (χ1) is 13.6. The molecular weight excluding hydrogens is 413 g/mol. The van der Waals surface area contributed by atoms with Crippen LogP contribution < -0.4 is 5.32 Å². The summed E-state index contributed by atoms with van der Waals surface area (Å²) in [5.74, 6) is -0.448. The lowest BCUT2D eigenvalue weighted by atomic mass is 9.87. The summed E-state index contributed by atoms with van der Waals surface area (Å²) in [5, 5.41) is 16.5. The van der Waals surface area contributed by atoms with Gasteiger partial charge in [-0.2, -0.15) is 4.98 Å². The van der Waals surface area contributed by atoms with Gasteiger partial charge in [-0.25, -0.2) is 0 Å². The van der Waals surface area contributed by atoms with Crippen molar-refractivity contribution in [3.63, 3.8) is 0 Å². The van der Waals surface area contributed by atoms with Crippen LogP contribution in [-0.4, -0.2) is 21.2 Å². The Bertz CT molecular complexity index is 1000. The van der Waals surface area contributed by atoms with Crippen molar-refractivity contribution in [2.24, 2.45) is 0 Å². The zero-order valence-electron chi connectivity index (χ0n) is 16.3. The van der Waals surface area contributed by atoms with Crippen LogP contribution in [0.3, 0.4) is 0 Å². The van der Waals surface area contributed by atoms with Gasteiger partial charge >= 0.3 is 11.8 Å². The van der Waals surface area contributed by atoms with E-state index in [1.54, 1.807) is 12.1 Å². The fraction of sp³-hybridized carbons (Fsp3) is 0.286. The van der Waals surface area contributed by atoms with E-state index in [2.05, 4.69) is 48.4 Å². The highest BCUT2D eigenvalue weighted by Gasteiger charge is 2.17. The van der Waals surface area contributed by atoms with Crippen LogP contribution in [0, 0.1) is 0 Å². The molecule has 0 fully saturated rings. The summed E-state index contributed by atoms with van der Waals surface area (Å²) >= 11 is 11.8. The first-order valence-electron chi connectivity index (χ1n) is 9.00. The molecule has 0 saturated heterocycles. The summed E-state index contributed by atoms with van der Waals surface area (Å²) in [6.07, 6.45) is 0.255. The minimum atomic E-state index is -0.453. The molecule has 1 aromatic heterocycles. The van der Waals surface area contributed by atoms with Crippen LogP contribution in [0.1, 0.15) is 54.0 Å². The largest absolute Gasteiger partial charge is 0.505 e. The third-order valence-electron chi connectivity index (χ3n) is 4.37. The summed E-state index contributed by atoms with van der Waals surface area (Å²) in [7, 11) is 0. The Hall–Kier alpha value is -2.57. The number of carbonyl (C=O) groups excluding carboxylic acids is 1. The maximum absolute atomic E-state index is 12.3. The fourth-order valence-electron chi connectivity index (χ4n) is 2.70. The van der Waals surface area contributed by atoms with Gasteiger partial charge < -0.3 is 14.9 Å². The van der Waals surface area contributed by atoms with E-state index in [0.717, 1.165) is 5.56 Å². The monoisotopic (exact) mass is 433 g/mol. The number of aromatic nitrogens is 2. The SMILES string of the molecule is CC(C)(C)c1ccc(CNC(=O)c2nc(Cc3cc(Cl)c(O)c(Cl)c3)no2)cc1. The van der Waals surface area contributed by atoms with Crippen LogP contribution in [-0.2, 0) is 18.4 Å². The molecule has 3 rings (SSSR count). The molecule has 6 nitrogen and oxygen atoms in total. The van der Waals surface area contributed by atoms with E-state index in [-0.39, 0.29) is 33.5 Å². The molecule has 0 atom stereocenters. The topological polar surface area (TPSA) is 88.2 Å². The molecule has 8 heteroatoms. The number of halogens is 2. The van der Waals surface area contributed by atoms with Gasteiger partial charge in [0.05, 0.1) is 10.0 Å². The minimum absolute atomic E-state index is 0.0773. The molecule has 3 aromatic rings. The van der Waals surface area contributed by atoms with Gasteiger partial charge in [0.1, 0.15) is 0 Å². The quantitative estimate of drug-likeness (QED) is 0.597. The summed E-state index contributed by atoms with van der Waals surface area (Å²) in [4.78, 5) is 16.4. The second-order valence-electron chi connectivity index (χ2n) is 7.73. The van der Waals surface area contributed by atoms with Crippen LogP contribution in [0.25, 0.3) is 0 Å². The zero-order valence-corrected chi connectivity index (χ0v) is 17.8. The smallest absolute Gasteiger partial charge is 0.315 e. The van der Waals surface area contributed by atoms with E-state index >= 15 is 0 Å². The van der Waals surface area contributed by atoms with Gasteiger partial charge in [0.15, 0.2) is 11.6 Å². The number of rotatable bonds is 5. The highest BCUT2D eigenvalue weighted by atomic mass is 35.5. The van der Waals surface area contributed by atoms with Gasteiger partial charge in [0, 0.05) is 13.0 Å². The van der Waals surface area contributed by atoms with E-state index in [0.29, 0.717) is 17.9 Å². The van der Waals surface area contributed by atoms with Crippen molar-refractivity contribution in [3.05, 3.63) is 74.8 Å². The number of benzene rings is 2. The molecule has 2 aromatic carbocycles. The molecular formula is C21H21Cl2N3O3.